The van der Waals surface area contributed by atoms with E-state index in [1.54, 1.807) is 36.8 Å². The molecule has 4 aromatic rings. The number of hydrogen-bond donors (Lipinski definition) is 6. The van der Waals surface area contributed by atoms with Crippen molar-refractivity contribution < 1.29 is 37.8 Å². The van der Waals surface area contributed by atoms with Crippen molar-refractivity contribution in [1.82, 2.24) is 51.1 Å². The monoisotopic (exact) mass is 1050 g/mol. The number of hydrogen-bond acceptors (Lipinski definition) is 14. The van der Waals surface area contributed by atoms with Gasteiger partial charge >= 0.3 is 0 Å². The molecule has 7 rings (SSSR count). The first kappa shape index (κ1) is 56.7. The number of halogens is 1. The average molecular weight is 1050 g/mol. The summed E-state index contributed by atoms with van der Waals surface area (Å²) in [4.78, 5) is 78.3. The molecule has 20 nitrogen and oxygen atoms in total. The zero-order chi connectivity index (χ0) is 54.7. The quantitative estimate of drug-likeness (QED) is 0.0647. The Balaban J connectivity index is 0.889. The molecule has 408 valence electrons. The highest BCUT2D eigenvalue weighted by Crippen LogP contribution is 2.43. The van der Waals surface area contributed by atoms with E-state index < -0.39 is 29.4 Å². The van der Waals surface area contributed by atoms with Gasteiger partial charge in [-0.1, -0.05) is 58.0 Å². The van der Waals surface area contributed by atoms with Crippen molar-refractivity contribution in [2.45, 2.75) is 116 Å². The number of nitrogens with two attached hydrogens (primary N) is 1. The van der Waals surface area contributed by atoms with Crippen LogP contribution in [0.1, 0.15) is 112 Å². The van der Waals surface area contributed by atoms with Gasteiger partial charge in [-0.3, -0.25) is 28.7 Å². The maximum Gasteiger partial charge on any atom is 0.254 e. The molecule has 5 heterocycles. The number of pyridine rings is 1. The maximum atomic E-state index is 14.8. The highest BCUT2D eigenvalue weighted by molar-refractivity contribution is 5.96. The van der Waals surface area contributed by atoms with E-state index in [4.69, 9.17) is 15.2 Å². The van der Waals surface area contributed by atoms with E-state index in [9.17, 15) is 33.6 Å². The van der Waals surface area contributed by atoms with Crippen LogP contribution in [0.2, 0.25) is 0 Å². The predicted octanol–water partition coefficient (Wildman–Crippen LogP) is 3.97. The van der Waals surface area contributed by atoms with Crippen molar-refractivity contribution >= 4 is 41.0 Å². The molecule has 0 aliphatic carbocycles. The number of aromatic nitrogens is 3. The Bertz CT molecular complexity index is 2740. The Morgan fingerprint density at radius 2 is 1.76 bits per heavy atom. The fourth-order valence-corrected chi connectivity index (χ4v) is 10.2. The fraction of sp³-hybridized carbons (Fsp3) is 0.527. The lowest BCUT2D eigenvalue weighted by Gasteiger charge is -2.36. The molecule has 2 aromatic carbocycles. The molecule has 76 heavy (non-hydrogen) atoms. The van der Waals surface area contributed by atoms with Gasteiger partial charge in [-0.05, 0) is 80.5 Å². The van der Waals surface area contributed by atoms with E-state index in [0.29, 0.717) is 72.6 Å². The topological polar surface area (TPSA) is 254 Å². The van der Waals surface area contributed by atoms with Crippen molar-refractivity contribution in [3.63, 3.8) is 0 Å². The Labute approximate surface area is 444 Å². The van der Waals surface area contributed by atoms with Gasteiger partial charge in [-0.25, -0.2) is 9.37 Å². The van der Waals surface area contributed by atoms with E-state index in [1.165, 1.54) is 23.1 Å². The lowest BCUT2D eigenvalue weighted by Crippen LogP contribution is -2.59. The normalized spacial score (nSPS) is 18.5. The van der Waals surface area contributed by atoms with Gasteiger partial charge in [-0.2, -0.15) is 10.4 Å². The van der Waals surface area contributed by atoms with E-state index in [0.717, 1.165) is 12.0 Å². The summed E-state index contributed by atoms with van der Waals surface area (Å²) in [6.45, 7) is 12.1. The summed E-state index contributed by atoms with van der Waals surface area (Å²) in [6.07, 6.45) is 4.18. The lowest BCUT2D eigenvalue weighted by atomic mass is 9.85. The Hall–Kier alpha value is -6.99. The number of likely N-dealkylation sites (N-methyl/N-ethyl adjacent to an activating group) is 1. The maximum absolute atomic E-state index is 14.8. The number of carbonyl (C=O) groups excluding carboxylic acids is 5. The van der Waals surface area contributed by atoms with Crippen LogP contribution >= 0.6 is 0 Å². The van der Waals surface area contributed by atoms with E-state index in [2.05, 4.69) is 42.7 Å². The Morgan fingerprint density at radius 3 is 2.47 bits per heavy atom. The lowest BCUT2D eigenvalue weighted by molar-refractivity contribution is -0.144. The number of carbonyl (C=O) groups is 5. The van der Waals surface area contributed by atoms with Gasteiger partial charge in [0, 0.05) is 68.6 Å². The molecule has 21 heteroatoms. The molecule has 3 aliphatic heterocycles. The molecule has 2 fully saturated rings. The summed E-state index contributed by atoms with van der Waals surface area (Å²) in [5.41, 5.74) is 10.1. The molecule has 5 amide bonds. The highest BCUT2D eigenvalue weighted by atomic mass is 19.1. The number of amides is 5. The van der Waals surface area contributed by atoms with Crippen LogP contribution in [0.3, 0.4) is 0 Å². The number of likely N-dealkylation sites (tertiary alicyclic amines) is 1. The summed E-state index contributed by atoms with van der Waals surface area (Å²) in [6, 6.07) is 15.1. The van der Waals surface area contributed by atoms with Crippen LogP contribution in [-0.2, 0) is 41.7 Å². The summed E-state index contributed by atoms with van der Waals surface area (Å²) in [5.74, 6) is -1.63. The molecule has 2 aromatic heterocycles. The smallest absolute Gasteiger partial charge is 0.254 e. The number of nitrogens with zero attached hydrogens (tertiary/aromatic N) is 7. The standard InChI is InChI=1S/C55H74FN13O7/c1-8-41(35-13-10-9-11-14-35)63-52(72)45-29-38(32-68(45)54(74)49(55(3,4)5)64-51(71)34(2)59-6)60-20-24-76-26-25-75-23-18-47(70)61-19-22-69-46-33-66(7)53(73)39-17-16-37(56)28-40(39)43-15-12-21-67(43)44-27-36(31-62-50(44)58)48(46)42(30-57)65-69/h9-11,13-14,16-17,27-28,31,34,38,41,43,45,49,59-60H,8,12,15,18-26,29,32-33H2,1-7H3,(H2,58,62)(H,61,70)(H,63,72)(H,64,71)/t34-,38-,41+,43-,45-,49+/m1/s1. The van der Waals surface area contributed by atoms with E-state index in [1.807, 2.05) is 69.0 Å². The summed E-state index contributed by atoms with van der Waals surface area (Å²) >= 11 is 0. The van der Waals surface area contributed by atoms with Crippen molar-refractivity contribution in [3.05, 3.63) is 94.7 Å². The summed E-state index contributed by atoms with van der Waals surface area (Å²) in [5, 5.41) is 30.3. The van der Waals surface area contributed by atoms with Crippen LogP contribution < -0.4 is 37.2 Å². The first-order valence-electron chi connectivity index (χ1n) is 26.3. The molecule has 0 saturated carbocycles. The van der Waals surface area contributed by atoms with Crippen LogP contribution in [0.5, 0.6) is 0 Å². The SMILES string of the molecule is CC[C@H](NC(=O)[C@H]1C[C@@H](NCCOCCOCCC(=O)NCCn2nc(C#N)c3c2CN(C)C(=O)c2ccc(F)cc2[C@H]2CCCN2c2cc-3cnc2N)CN1C(=O)[C@H](NC(=O)[C@@H](C)NC)C(C)(C)C)c1ccccc1. The van der Waals surface area contributed by atoms with Crippen LogP contribution in [-0.4, -0.2) is 145 Å². The minimum absolute atomic E-state index is 0.0548. The average Bonchev–Trinajstić information content (AvgIpc) is 4.16. The summed E-state index contributed by atoms with van der Waals surface area (Å²) < 4.78 is 27.9. The molecule has 6 atom stereocenters. The molecule has 2 saturated heterocycles. The first-order chi connectivity index (χ1) is 36.4. The first-order valence-corrected chi connectivity index (χ1v) is 26.3. The minimum Gasteiger partial charge on any atom is -0.382 e. The molecule has 0 unspecified atom stereocenters. The predicted molar refractivity (Wildman–Crippen MR) is 285 cm³/mol. The van der Waals surface area contributed by atoms with E-state index >= 15 is 0 Å². The van der Waals surface area contributed by atoms with E-state index in [-0.39, 0.29) is 112 Å². The molecule has 0 spiro atoms. The number of anilines is 2. The highest BCUT2D eigenvalue weighted by Gasteiger charge is 2.45. The largest absolute Gasteiger partial charge is 0.382 e. The molecule has 0 radical (unpaired) electrons. The van der Waals surface area contributed by atoms with Gasteiger partial charge in [0.25, 0.3) is 5.91 Å². The van der Waals surface area contributed by atoms with Crippen molar-refractivity contribution in [3.8, 4) is 17.2 Å². The number of nitrogens with one attached hydrogen (secondary N) is 5. The molecule has 2 bridgehead atoms. The Kier molecular flexibility index (Phi) is 19.2. The minimum atomic E-state index is -0.875. The van der Waals surface area contributed by atoms with Crippen LogP contribution in [0.4, 0.5) is 15.9 Å². The second kappa shape index (κ2) is 25.7. The molecular weight excluding hydrogens is 974 g/mol. The van der Waals surface area contributed by atoms with Gasteiger partial charge in [0.15, 0.2) is 5.69 Å². The third kappa shape index (κ3) is 13.5. The number of ether oxygens (including phenoxy) is 2. The molecule has 7 N–H and O–H groups in total. The zero-order valence-electron chi connectivity index (χ0n) is 44.8. The number of nitrogen functional groups attached to an aromatic ring is 1. The number of nitriles is 1. The van der Waals surface area contributed by atoms with Gasteiger partial charge in [0.1, 0.15) is 29.8 Å². The number of fused-ring (bicyclic) bond motifs is 8. The van der Waals surface area contributed by atoms with Gasteiger partial charge in [0.2, 0.25) is 23.6 Å². The van der Waals surface area contributed by atoms with Crippen LogP contribution in [0, 0.1) is 22.6 Å². The van der Waals surface area contributed by atoms with Crippen molar-refractivity contribution in [1.29, 1.82) is 5.26 Å². The third-order valence-electron chi connectivity index (χ3n) is 14.5. The third-order valence-corrected chi connectivity index (χ3v) is 14.5. The number of benzene rings is 2. The zero-order valence-corrected chi connectivity index (χ0v) is 44.8. The van der Waals surface area contributed by atoms with Crippen LogP contribution in [0.25, 0.3) is 11.1 Å². The fourth-order valence-electron chi connectivity index (χ4n) is 10.2. The van der Waals surface area contributed by atoms with Gasteiger partial charge in [0.05, 0.1) is 69.0 Å². The molecular formula is C55H74FN13O7. The van der Waals surface area contributed by atoms with Crippen molar-refractivity contribution in [2.75, 3.05) is 77.3 Å². The molecule has 3 aliphatic rings. The van der Waals surface area contributed by atoms with Gasteiger partial charge in [-0.15, -0.1) is 0 Å². The van der Waals surface area contributed by atoms with Crippen molar-refractivity contribution in [2.24, 2.45) is 5.41 Å². The van der Waals surface area contributed by atoms with Crippen LogP contribution in [0.15, 0.2) is 60.8 Å². The van der Waals surface area contributed by atoms with Gasteiger partial charge < -0.3 is 56.5 Å². The Morgan fingerprint density at radius 1 is 1.01 bits per heavy atom. The second-order valence-electron chi connectivity index (χ2n) is 20.8. The summed E-state index contributed by atoms with van der Waals surface area (Å²) in [7, 11) is 3.33. The number of rotatable bonds is 21. The second-order valence-corrected chi connectivity index (χ2v) is 20.8.